The first-order valence-electron chi connectivity index (χ1n) is 5.72. The van der Waals surface area contributed by atoms with Crippen LogP contribution in [0.15, 0.2) is 5.38 Å². The molecule has 0 aliphatic carbocycles. The predicted octanol–water partition coefficient (Wildman–Crippen LogP) is 2.63. The number of hydrogen-bond donors (Lipinski definition) is 1. The molecule has 1 heterocycles. The lowest BCUT2D eigenvalue weighted by Gasteiger charge is -2.19. The molecule has 0 spiro atoms. The topological polar surface area (TPSA) is 72.5 Å². The van der Waals surface area contributed by atoms with Crippen LogP contribution in [0.2, 0.25) is 0 Å². The van der Waals surface area contributed by atoms with Crippen molar-refractivity contribution in [3.8, 4) is 0 Å². The molecule has 5 nitrogen and oxygen atoms in total. The number of hydrogen-bond acceptors (Lipinski definition) is 5. The van der Waals surface area contributed by atoms with Crippen LogP contribution in [0.4, 0.5) is 5.69 Å². The lowest BCUT2D eigenvalue weighted by molar-refractivity contribution is 0.0607. The van der Waals surface area contributed by atoms with E-state index in [2.05, 4.69) is 9.46 Å². The second-order valence-electron chi connectivity index (χ2n) is 5.54. The number of nitrogens with one attached hydrogen (secondary N) is 1. The summed E-state index contributed by atoms with van der Waals surface area (Å²) < 4.78 is 31.3. The van der Waals surface area contributed by atoms with E-state index in [9.17, 15) is 13.2 Å². The van der Waals surface area contributed by atoms with E-state index in [4.69, 9.17) is 0 Å². The average molecular weight is 305 g/mol. The van der Waals surface area contributed by atoms with Crippen LogP contribution in [0.25, 0.3) is 0 Å². The number of esters is 1. The number of rotatable bonds is 4. The van der Waals surface area contributed by atoms with Crippen LogP contribution in [-0.2, 0) is 14.8 Å². The fourth-order valence-corrected chi connectivity index (χ4v) is 4.35. The number of carbonyl (C=O) groups excluding carboxylic acids is 1. The number of ether oxygens (including phenoxy) is 1. The Bertz CT molecular complexity index is 567. The van der Waals surface area contributed by atoms with Crippen molar-refractivity contribution in [2.45, 2.75) is 27.7 Å². The van der Waals surface area contributed by atoms with Gasteiger partial charge < -0.3 is 4.74 Å². The summed E-state index contributed by atoms with van der Waals surface area (Å²) in [5, 5.41) is 1.72. The second-order valence-corrected chi connectivity index (χ2v) is 8.14. The van der Waals surface area contributed by atoms with E-state index >= 15 is 0 Å². The fraction of sp³-hybridized carbons (Fsp3) is 0.583. The molecule has 0 fully saturated rings. The van der Waals surface area contributed by atoms with Gasteiger partial charge in [0, 0.05) is 0 Å². The molecule has 1 aromatic rings. The first-order valence-corrected chi connectivity index (χ1v) is 8.26. The molecule has 0 radical (unpaired) electrons. The van der Waals surface area contributed by atoms with E-state index in [-0.39, 0.29) is 16.0 Å². The van der Waals surface area contributed by atoms with Gasteiger partial charge in [-0.15, -0.1) is 11.3 Å². The Kier molecular flexibility index (Phi) is 4.63. The Morgan fingerprint density at radius 3 is 2.47 bits per heavy atom. The van der Waals surface area contributed by atoms with E-state index in [1.807, 2.05) is 20.8 Å². The highest BCUT2D eigenvalue weighted by Gasteiger charge is 2.25. The minimum atomic E-state index is -3.50. The number of thiophene rings is 1. The highest BCUT2D eigenvalue weighted by Crippen LogP contribution is 2.30. The molecule has 1 rings (SSSR count). The van der Waals surface area contributed by atoms with Crippen molar-refractivity contribution in [2.24, 2.45) is 5.41 Å². The number of anilines is 1. The number of aryl methyl sites for hydroxylation is 1. The van der Waals surface area contributed by atoms with Crippen molar-refractivity contribution in [1.29, 1.82) is 0 Å². The molecule has 0 unspecified atom stereocenters. The molecule has 0 saturated carbocycles. The van der Waals surface area contributed by atoms with Gasteiger partial charge in [-0.2, -0.15) is 0 Å². The largest absolute Gasteiger partial charge is 0.465 e. The van der Waals surface area contributed by atoms with Crippen molar-refractivity contribution in [1.82, 2.24) is 0 Å². The van der Waals surface area contributed by atoms with Crippen LogP contribution < -0.4 is 4.72 Å². The molecule has 1 aromatic heterocycles. The van der Waals surface area contributed by atoms with Crippen molar-refractivity contribution >= 4 is 33.0 Å². The summed E-state index contributed by atoms with van der Waals surface area (Å²) in [4.78, 5) is 11.8. The van der Waals surface area contributed by atoms with Gasteiger partial charge in [0.05, 0.1) is 18.6 Å². The summed E-state index contributed by atoms with van der Waals surface area (Å²) in [5.74, 6) is -0.554. The first-order chi connectivity index (χ1) is 8.56. The molecule has 0 amide bonds. The van der Waals surface area contributed by atoms with E-state index in [0.29, 0.717) is 11.3 Å². The van der Waals surface area contributed by atoms with Gasteiger partial charge in [0.1, 0.15) is 4.88 Å². The van der Waals surface area contributed by atoms with Crippen LogP contribution in [-0.4, -0.2) is 27.2 Å². The van der Waals surface area contributed by atoms with Gasteiger partial charge in [-0.3, -0.25) is 4.72 Å². The Morgan fingerprint density at radius 2 is 2.00 bits per heavy atom. The van der Waals surface area contributed by atoms with E-state index in [0.717, 1.165) is 0 Å². The second kappa shape index (κ2) is 5.50. The molecule has 0 aromatic carbocycles. The smallest absolute Gasteiger partial charge is 0.350 e. The molecule has 0 saturated heterocycles. The zero-order valence-electron chi connectivity index (χ0n) is 11.7. The highest BCUT2D eigenvalue weighted by atomic mass is 32.2. The summed E-state index contributed by atoms with van der Waals surface area (Å²) in [7, 11) is -2.23. The van der Waals surface area contributed by atoms with Crippen molar-refractivity contribution in [3.63, 3.8) is 0 Å². The molecule has 108 valence electrons. The Balaban J connectivity index is 3.06. The maximum atomic E-state index is 12.1. The fourth-order valence-electron chi connectivity index (χ4n) is 1.58. The van der Waals surface area contributed by atoms with Crippen LogP contribution in [0, 0.1) is 12.3 Å². The van der Waals surface area contributed by atoms with Gasteiger partial charge in [-0.1, -0.05) is 20.8 Å². The molecule has 0 aliphatic heterocycles. The van der Waals surface area contributed by atoms with Gasteiger partial charge >= 0.3 is 5.97 Å². The van der Waals surface area contributed by atoms with E-state index < -0.39 is 16.0 Å². The lowest BCUT2D eigenvalue weighted by atomic mass is 10.0. The SMILES string of the molecule is COC(=O)c1scc(C)c1NS(=O)(=O)CC(C)(C)C. The van der Waals surface area contributed by atoms with Gasteiger partial charge in [0.25, 0.3) is 0 Å². The van der Waals surface area contributed by atoms with Gasteiger partial charge in [-0.25, -0.2) is 13.2 Å². The standard InChI is InChI=1S/C12H19NO4S2/c1-8-6-18-10(11(14)17-5)9(8)13-19(15,16)7-12(2,3)4/h6,13H,7H2,1-5H3. The maximum absolute atomic E-state index is 12.1. The van der Waals surface area contributed by atoms with Crippen LogP contribution in [0.3, 0.4) is 0 Å². The molecule has 1 N–H and O–H groups in total. The monoisotopic (exact) mass is 305 g/mol. The first kappa shape index (κ1) is 16.0. The normalized spacial score (nSPS) is 12.3. The molecule has 19 heavy (non-hydrogen) atoms. The summed E-state index contributed by atoms with van der Waals surface area (Å²) in [5.41, 5.74) is 0.672. The van der Waals surface area contributed by atoms with Crippen LogP contribution in [0.5, 0.6) is 0 Å². The predicted molar refractivity (Wildman–Crippen MR) is 77.3 cm³/mol. The van der Waals surface area contributed by atoms with E-state index in [1.54, 1.807) is 12.3 Å². The summed E-state index contributed by atoms with van der Waals surface area (Å²) in [6, 6.07) is 0. The molecule has 7 heteroatoms. The lowest BCUT2D eigenvalue weighted by Crippen LogP contribution is -2.26. The third-order valence-corrected chi connectivity index (χ3v) is 5.07. The van der Waals surface area contributed by atoms with Gasteiger partial charge in [0.15, 0.2) is 0 Å². The van der Waals surface area contributed by atoms with Crippen molar-refractivity contribution in [3.05, 3.63) is 15.8 Å². The summed E-state index contributed by atoms with van der Waals surface area (Å²) >= 11 is 1.17. The summed E-state index contributed by atoms with van der Waals surface area (Å²) in [6.07, 6.45) is 0. The third kappa shape index (κ3) is 4.50. The Morgan fingerprint density at radius 1 is 1.42 bits per heavy atom. The zero-order chi connectivity index (χ0) is 14.8. The Hall–Kier alpha value is -1.08. The summed E-state index contributed by atoms with van der Waals surface area (Å²) in [6.45, 7) is 7.27. The van der Waals surface area contributed by atoms with Crippen molar-refractivity contribution < 1.29 is 17.9 Å². The highest BCUT2D eigenvalue weighted by molar-refractivity contribution is 7.92. The third-order valence-electron chi connectivity index (χ3n) is 2.23. The molecular weight excluding hydrogens is 286 g/mol. The maximum Gasteiger partial charge on any atom is 0.350 e. The molecular formula is C12H19NO4S2. The van der Waals surface area contributed by atoms with E-state index in [1.165, 1.54) is 18.4 Å². The quantitative estimate of drug-likeness (QED) is 0.868. The number of methoxy groups -OCH3 is 1. The Labute approximate surface area is 118 Å². The molecule has 0 aliphatic rings. The average Bonchev–Trinajstić information content (AvgIpc) is 2.55. The zero-order valence-corrected chi connectivity index (χ0v) is 13.4. The number of carbonyl (C=O) groups is 1. The van der Waals surface area contributed by atoms with Crippen molar-refractivity contribution in [2.75, 3.05) is 17.6 Å². The van der Waals surface area contributed by atoms with Crippen LogP contribution in [0.1, 0.15) is 36.0 Å². The molecule has 0 bridgehead atoms. The minimum absolute atomic E-state index is 0.0180. The van der Waals surface area contributed by atoms with Gasteiger partial charge in [-0.05, 0) is 23.3 Å². The number of sulfonamides is 1. The minimum Gasteiger partial charge on any atom is -0.465 e. The molecule has 0 atom stereocenters. The van der Waals surface area contributed by atoms with Crippen LogP contribution >= 0.6 is 11.3 Å². The van der Waals surface area contributed by atoms with Gasteiger partial charge in [0.2, 0.25) is 10.0 Å².